The molecule has 1 fully saturated rings. The Morgan fingerprint density at radius 1 is 1.45 bits per heavy atom. The van der Waals surface area contributed by atoms with Crippen LogP contribution in [-0.2, 0) is 25.0 Å². The van der Waals surface area contributed by atoms with E-state index in [0.717, 1.165) is 17.9 Å². The van der Waals surface area contributed by atoms with Crippen molar-refractivity contribution in [2.75, 3.05) is 19.8 Å². The van der Waals surface area contributed by atoms with E-state index in [0.29, 0.717) is 23.9 Å². The molecule has 1 aliphatic carbocycles. The van der Waals surface area contributed by atoms with Gasteiger partial charge in [-0.2, -0.15) is 0 Å². The maximum Gasteiger partial charge on any atom is 0.270 e. The molecule has 1 N–H and O–H groups in total. The molecule has 1 aliphatic rings. The third kappa shape index (κ3) is 5.40. The lowest BCUT2D eigenvalue weighted by Crippen LogP contribution is -2.28. The van der Waals surface area contributed by atoms with Crippen molar-refractivity contribution < 1.29 is 17.9 Å². The molecule has 0 saturated heterocycles. The molecule has 5 nitrogen and oxygen atoms in total. The topological polar surface area (TPSA) is 72.5 Å². The molecule has 1 aromatic heterocycles. The highest BCUT2D eigenvalue weighted by atomic mass is 35.7. The Hall–Kier alpha value is -0.630. The Kier molecular flexibility index (Phi) is 5.42. The predicted octanol–water partition coefficient (Wildman–Crippen LogP) is 1.76. The van der Waals surface area contributed by atoms with Crippen LogP contribution in [0.4, 0.5) is 0 Å². The van der Waals surface area contributed by atoms with Crippen LogP contribution in [0.2, 0.25) is 0 Å². The molecule has 0 atom stereocenters. The van der Waals surface area contributed by atoms with Gasteiger partial charge < -0.3 is 10.1 Å². The summed E-state index contributed by atoms with van der Waals surface area (Å²) < 4.78 is 27.7. The summed E-state index contributed by atoms with van der Waals surface area (Å²) in [5.41, 5.74) is 0. The quantitative estimate of drug-likeness (QED) is 0.579. The van der Waals surface area contributed by atoms with Gasteiger partial charge in [0.2, 0.25) is 5.91 Å². The lowest BCUT2D eigenvalue weighted by atomic mass is 10.3. The van der Waals surface area contributed by atoms with E-state index in [-0.39, 0.29) is 16.5 Å². The molecule has 0 spiro atoms. The summed E-state index contributed by atoms with van der Waals surface area (Å²) in [6.45, 7) is 1.75. The zero-order valence-corrected chi connectivity index (χ0v) is 13.2. The Morgan fingerprint density at radius 3 is 2.80 bits per heavy atom. The standard InChI is InChI=1S/C12H16ClNO4S2/c13-20(16,17)12-4-3-10(19-12)7-11(15)14-5-6-18-8-9-1-2-9/h3-4,9H,1-2,5-8H2,(H,14,15). The molecule has 1 amide bonds. The largest absolute Gasteiger partial charge is 0.379 e. The van der Waals surface area contributed by atoms with Gasteiger partial charge in [0.15, 0.2) is 0 Å². The molecule has 2 rings (SSSR count). The Labute approximate surface area is 126 Å². The fourth-order valence-electron chi connectivity index (χ4n) is 1.60. The molecule has 0 unspecified atom stereocenters. The van der Waals surface area contributed by atoms with Gasteiger partial charge >= 0.3 is 0 Å². The van der Waals surface area contributed by atoms with Gasteiger partial charge in [-0.05, 0) is 30.9 Å². The minimum Gasteiger partial charge on any atom is -0.379 e. The highest BCUT2D eigenvalue weighted by molar-refractivity contribution is 8.15. The van der Waals surface area contributed by atoms with E-state index >= 15 is 0 Å². The minimum absolute atomic E-state index is 0.0646. The average molecular weight is 338 g/mol. The summed E-state index contributed by atoms with van der Waals surface area (Å²) in [4.78, 5) is 12.3. The molecule has 8 heteroatoms. The third-order valence-electron chi connectivity index (χ3n) is 2.83. The summed E-state index contributed by atoms with van der Waals surface area (Å²) >= 11 is 1.01. The van der Waals surface area contributed by atoms with E-state index < -0.39 is 9.05 Å². The fourth-order valence-corrected chi connectivity index (χ4v) is 3.72. The summed E-state index contributed by atoms with van der Waals surface area (Å²) in [5.74, 6) is 0.563. The monoisotopic (exact) mass is 337 g/mol. The first-order valence-electron chi connectivity index (χ1n) is 6.33. The van der Waals surface area contributed by atoms with Gasteiger partial charge in [0, 0.05) is 28.7 Å². The van der Waals surface area contributed by atoms with Crippen LogP contribution in [0.25, 0.3) is 0 Å². The fraction of sp³-hybridized carbons (Fsp3) is 0.583. The third-order valence-corrected chi connectivity index (χ3v) is 6.01. The van der Waals surface area contributed by atoms with Gasteiger partial charge in [0.1, 0.15) is 4.21 Å². The van der Waals surface area contributed by atoms with Crippen LogP contribution < -0.4 is 5.32 Å². The van der Waals surface area contributed by atoms with Gasteiger partial charge in [-0.25, -0.2) is 8.42 Å². The molecular weight excluding hydrogens is 322 g/mol. The van der Waals surface area contributed by atoms with Crippen molar-refractivity contribution in [3.05, 3.63) is 17.0 Å². The van der Waals surface area contributed by atoms with Crippen molar-refractivity contribution in [2.45, 2.75) is 23.5 Å². The molecule has 1 saturated carbocycles. The number of carbonyl (C=O) groups excluding carboxylic acids is 1. The number of amides is 1. The van der Waals surface area contributed by atoms with Crippen LogP contribution in [0.5, 0.6) is 0 Å². The van der Waals surface area contributed by atoms with E-state index in [4.69, 9.17) is 15.4 Å². The molecule has 20 heavy (non-hydrogen) atoms. The summed E-state index contributed by atoms with van der Waals surface area (Å²) in [7, 11) is 1.52. The maximum atomic E-state index is 11.6. The number of ether oxygens (including phenoxy) is 1. The lowest BCUT2D eigenvalue weighted by molar-refractivity contribution is -0.120. The van der Waals surface area contributed by atoms with Gasteiger partial charge in [-0.15, -0.1) is 11.3 Å². The van der Waals surface area contributed by atoms with Crippen LogP contribution in [0, 0.1) is 5.92 Å². The van der Waals surface area contributed by atoms with Gasteiger partial charge in [-0.1, -0.05) is 0 Å². The predicted molar refractivity (Wildman–Crippen MR) is 77.6 cm³/mol. The normalized spacial score (nSPS) is 15.2. The van der Waals surface area contributed by atoms with Crippen LogP contribution in [0.3, 0.4) is 0 Å². The zero-order chi connectivity index (χ0) is 14.6. The molecule has 0 radical (unpaired) electrons. The average Bonchev–Trinajstić information content (AvgIpc) is 3.05. The van der Waals surface area contributed by atoms with Crippen molar-refractivity contribution in [1.29, 1.82) is 0 Å². The molecule has 112 valence electrons. The summed E-state index contributed by atoms with van der Waals surface area (Å²) in [6.07, 6.45) is 2.65. The first-order valence-corrected chi connectivity index (χ1v) is 9.45. The minimum atomic E-state index is -3.71. The van der Waals surface area contributed by atoms with Crippen molar-refractivity contribution in [2.24, 2.45) is 5.92 Å². The Bertz CT molecular complexity index is 566. The summed E-state index contributed by atoms with van der Waals surface area (Å²) in [5, 5.41) is 2.73. The SMILES string of the molecule is O=C(Cc1ccc(S(=O)(=O)Cl)s1)NCCOCC1CC1. The second-order valence-corrected chi connectivity index (χ2v) is 8.66. The van der Waals surface area contributed by atoms with Crippen LogP contribution >= 0.6 is 22.0 Å². The van der Waals surface area contributed by atoms with Crippen molar-refractivity contribution in [1.82, 2.24) is 5.32 Å². The number of halogens is 1. The second kappa shape index (κ2) is 6.89. The number of rotatable bonds is 8. The highest BCUT2D eigenvalue weighted by Gasteiger charge is 2.20. The van der Waals surface area contributed by atoms with E-state index in [9.17, 15) is 13.2 Å². The van der Waals surface area contributed by atoms with Crippen LogP contribution in [0.1, 0.15) is 17.7 Å². The van der Waals surface area contributed by atoms with Crippen LogP contribution in [0.15, 0.2) is 16.3 Å². The van der Waals surface area contributed by atoms with Gasteiger partial charge in [0.25, 0.3) is 9.05 Å². The Morgan fingerprint density at radius 2 is 2.20 bits per heavy atom. The second-order valence-electron chi connectivity index (χ2n) is 4.70. The smallest absolute Gasteiger partial charge is 0.270 e. The summed E-state index contributed by atoms with van der Waals surface area (Å²) in [6, 6.07) is 3.01. The number of hydrogen-bond donors (Lipinski definition) is 1. The van der Waals surface area contributed by atoms with Crippen LogP contribution in [-0.4, -0.2) is 34.1 Å². The van der Waals surface area contributed by atoms with Gasteiger partial charge in [-0.3, -0.25) is 4.79 Å². The zero-order valence-electron chi connectivity index (χ0n) is 10.8. The molecule has 1 heterocycles. The van der Waals surface area contributed by atoms with Crippen molar-refractivity contribution in [3.8, 4) is 0 Å². The van der Waals surface area contributed by atoms with E-state index in [1.54, 1.807) is 6.07 Å². The highest BCUT2D eigenvalue weighted by Crippen LogP contribution is 2.28. The maximum absolute atomic E-state index is 11.6. The molecule has 1 aromatic rings. The number of nitrogens with one attached hydrogen (secondary N) is 1. The molecule has 0 aliphatic heterocycles. The number of hydrogen-bond acceptors (Lipinski definition) is 5. The van der Waals surface area contributed by atoms with Crippen molar-refractivity contribution >= 4 is 37.0 Å². The lowest BCUT2D eigenvalue weighted by Gasteiger charge is -2.05. The van der Waals surface area contributed by atoms with E-state index in [2.05, 4.69) is 5.32 Å². The number of carbonyl (C=O) groups is 1. The first-order chi connectivity index (χ1) is 9.45. The van der Waals surface area contributed by atoms with E-state index in [1.165, 1.54) is 18.9 Å². The first kappa shape index (κ1) is 15.8. The van der Waals surface area contributed by atoms with Gasteiger partial charge in [0.05, 0.1) is 13.0 Å². The molecule has 0 bridgehead atoms. The van der Waals surface area contributed by atoms with Crippen molar-refractivity contribution in [3.63, 3.8) is 0 Å². The number of thiophene rings is 1. The van der Waals surface area contributed by atoms with E-state index in [1.807, 2.05) is 0 Å². The molecular formula is C12H16ClNO4S2. The Balaban J connectivity index is 1.66. The molecule has 0 aromatic carbocycles.